The molecule has 1 fully saturated rings. The number of aromatic nitrogens is 2. The predicted octanol–water partition coefficient (Wildman–Crippen LogP) is 2.40. The number of rotatable bonds is 2. The first-order chi connectivity index (χ1) is 9.74. The van der Waals surface area contributed by atoms with Crippen LogP contribution >= 0.6 is 0 Å². The second-order valence-corrected chi connectivity index (χ2v) is 5.09. The lowest BCUT2D eigenvalue weighted by Gasteiger charge is -2.30. The zero-order chi connectivity index (χ0) is 13.9. The summed E-state index contributed by atoms with van der Waals surface area (Å²) in [5.74, 6) is 1.68. The van der Waals surface area contributed by atoms with Crippen LogP contribution in [0.3, 0.4) is 0 Å². The van der Waals surface area contributed by atoms with E-state index in [-0.39, 0.29) is 11.8 Å². The quantitative estimate of drug-likeness (QED) is 0.841. The van der Waals surface area contributed by atoms with Gasteiger partial charge in [0.05, 0.1) is 0 Å². The molecule has 1 aliphatic heterocycles. The van der Waals surface area contributed by atoms with Crippen molar-refractivity contribution in [1.29, 1.82) is 0 Å². The van der Waals surface area contributed by atoms with Crippen molar-refractivity contribution in [3.8, 4) is 0 Å². The molecule has 20 heavy (non-hydrogen) atoms. The van der Waals surface area contributed by atoms with E-state index in [1.807, 2.05) is 35.2 Å². The van der Waals surface area contributed by atoms with Crippen molar-refractivity contribution in [2.75, 3.05) is 13.1 Å². The Bertz CT molecular complexity index is 586. The summed E-state index contributed by atoms with van der Waals surface area (Å²) >= 11 is 0. The van der Waals surface area contributed by atoms with E-state index in [0.717, 1.165) is 31.5 Å². The molecular formula is C15H17N3O2. The maximum Gasteiger partial charge on any atom is 0.253 e. The molecule has 0 aliphatic carbocycles. The maximum absolute atomic E-state index is 12.3. The third kappa shape index (κ3) is 2.57. The number of aryl methyl sites for hydroxylation is 1. The average molecular weight is 271 g/mol. The highest BCUT2D eigenvalue weighted by Crippen LogP contribution is 2.27. The lowest BCUT2D eigenvalue weighted by atomic mass is 9.96. The molecule has 1 amide bonds. The van der Waals surface area contributed by atoms with Crippen LogP contribution in [0, 0.1) is 6.92 Å². The number of amides is 1. The van der Waals surface area contributed by atoms with Gasteiger partial charge in [-0.2, -0.15) is 0 Å². The van der Waals surface area contributed by atoms with Crippen molar-refractivity contribution < 1.29 is 9.21 Å². The van der Waals surface area contributed by atoms with Crippen LogP contribution in [0.25, 0.3) is 0 Å². The van der Waals surface area contributed by atoms with Gasteiger partial charge in [-0.05, 0) is 25.0 Å². The van der Waals surface area contributed by atoms with Gasteiger partial charge in [0, 0.05) is 31.5 Å². The number of likely N-dealkylation sites (tertiary alicyclic amines) is 1. The number of carbonyl (C=O) groups is 1. The first-order valence-corrected chi connectivity index (χ1v) is 6.88. The van der Waals surface area contributed by atoms with E-state index in [1.165, 1.54) is 0 Å². The molecule has 5 nitrogen and oxygen atoms in total. The zero-order valence-electron chi connectivity index (χ0n) is 11.5. The highest BCUT2D eigenvalue weighted by Gasteiger charge is 2.27. The summed E-state index contributed by atoms with van der Waals surface area (Å²) in [5.41, 5.74) is 0.750. The van der Waals surface area contributed by atoms with E-state index in [2.05, 4.69) is 10.2 Å². The lowest BCUT2D eigenvalue weighted by molar-refractivity contribution is 0.0706. The van der Waals surface area contributed by atoms with Crippen LogP contribution < -0.4 is 0 Å². The van der Waals surface area contributed by atoms with Crippen molar-refractivity contribution >= 4 is 5.91 Å². The summed E-state index contributed by atoms with van der Waals surface area (Å²) < 4.78 is 5.48. The summed E-state index contributed by atoms with van der Waals surface area (Å²) in [6, 6.07) is 9.41. The van der Waals surface area contributed by atoms with Gasteiger partial charge in [0.25, 0.3) is 5.91 Å². The average Bonchev–Trinajstić information content (AvgIpc) is 2.94. The van der Waals surface area contributed by atoms with Gasteiger partial charge in [0.2, 0.25) is 11.8 Å². The summed E-state index contributed by atoms with van der Waals surface area (Å²) in [6.45, 7) is 3.27. The molecule has 1 saturated heterocycles. The minimum atomic E-state index is 0.103. The third-order valence-electron chi connectivity index (χ3n) is 3.69. The van der Waals surface area contributed by atoms with Crippen molar-refractivity contribution in [2.45, 2.75) is 25.7 Å². The van der Waals surface area contributed by atoms with Crippen LogP contribution in [-0.4, -0.2) is 34.1 Å². The maximum atomic E-state index is 12.3. The standard InChI is InChI=1S/C15H17N3O2/c1-11-16-17-14(20-11)12-7-9-18(10-8-12)15(19)13-5-3-2-4-6-13/h2-6,12H,7-10H2,1H3. The Morgan fingerprint density at radius 2 is 1.90 bits per heavy atom. The molecule has 0 saturated carbocycles. The minimum Gasteiger partial charge on any atom is -0.425 e. The van der Waals surface area contributed by atoms with Gasteiger partial charge in [-0.25, -0.2) is 0 Å². The second-order valence-electron chi connectivity index (χ2n) is 5.09. The molecule has 0 N–H and O–H groups in total. The van der Waals surface area contributed by atoms with E-state index in [9.17, 15) is 4.79 Å². The molecule has 0 atom stereocenters. The number of carbonyl (C=O) groups excluding carboxylic acids is 1. The molecule has 2 aromatic rings. The van der Waals surface area contributed by atoms with Crippen molar-refractivity contribution in [3.05, 3.63) is 47.7 Å². The summed E-state index contributed by atoms with van der Waals surface area (Å²) in [4.78, 5) is 14.2. The lowest BCUT2D eigenvalue weighted by Crippen LogP contribution is -2.37. The second kappa shape index (κ2) is 5.45. The van der Waals surface area contributed by atoms with E-state index in [1.54, 1.807) is 6.92 Å². The van der Waals surface area contributed by atoms with Gasteiger partial charge in [0.1, 0.15) is 0 Å². The number of piperidine rings is 1. The minimum absolute atomic E-state index is 0.103. The number of benzene rings is 1. The number of hydrogen-bond acceptors (Lipinski definition) is 4. The Labute approximate surface area is 117 Å². The normalized spacial score (nSPS) is 16.4. The third-order valence-corrected chi connectivity index (χ3v) is 3.69. The Hall–Kier alpha value is -2.17. The van der Waals surface area contributed by atoms with E-state index >= 15 is 0 Å². The van der Waals surface area contributed by atoms with E-state index < -0.39 is 0 Å². The van der Waals surface area contributed by atoms with Gasteiger partial charge in [0.15, 0.2) is 0 Å². The molecule has 5 heteroatoms. The molecule has 1 aromatic heterocycles. The monoisotopic (exact) mass is 271 g/mol. The predicted molar refractivity (Wildman–Crippen MR) is 73.4 cm³/mol. The molecule has 1 aliphatic rings. The first-order valence-electron chi connectivity index (χ1n) is 6.88. The Morgan fingerprint density at radius 3 is 2.50 bits per heavy atom. The van der Waals surface area contributed by atoms with Crippen LogP contribution in [0.15, 0.2) is 34.7 Å². The SMILES string of the molecule is Cc1nnc(C2CCN(C(=O)c3ccccc3)CC2)o1. The molecule has 2 heterocycles. The van der Waals surface area contributed by atoms with E-state index in [0.29, 0.717) is 11.8 Å². The molecule has 0 radical (unpaired) electrons. The highest BCUT2D eigenvalue weighted by molar-refractivity contribution is 5.94. The molecule has 104 valence electrons. The van der Waals surface area contributed by atoms with Gasteiger partial charge < -0.3 is 9.32 Å². The fourth-order valence-electron chi connectivity index (χ4n) is 2.57. The van der Waals surface area contributed by atoms with Crippen molar-refractivity contribution in [3.63, 3.8) is 0 Å². The molecule has 1 aromatic carbocycles. The van der Waals surface area contributed by atoms with Crippen LogP contribution in [0.1, 0.15) is 40.9 Å². The summed E-state index contributed by atoms with van der Waals surface area (Å²) in [7, 11) is 0. The van der Waals surface area contributed by atoms with Crippen LogP contribution in [0.2, 0.25) is 0 Å². The van der Waals surface area contributed by atoms with Crippen molar-refractivity contribution in [1.82, 2.24) is 15.1 Å². The van der Waals surface area contributed by atoms with Gasteiger partial charge in [-0.1, -0.05) is 18.2 Å². The Balaban J connectivity index is 1.63. The van der Waals surface area contributed by atoms with Crippen LogP contribution in [-0.2, 0) is 0 Å². The molecular weight excluding hydrogens is 254 g/mol. The highest BCUT2D eigenvalue weighted by atomic mass is 16.4. The van der Waals surface area contributed by atoms with Crippen LogP contribution in [0.5, 0.6) is 0 Å². The number of hydrogen-bond donors (Lipinski definition) is 0. The van der Waals surface area contributed by atoms with Crippen molar-refractivity contribution in [2.24, 2.45) is 0 Å². The number of nitrogens with zero attached hydrogens (tertiary/aromatic N) is 3. The Morgan fingerprint density at radius 1 is 1.20 bits per heavy atom. The smallest absolute Gasteiger partial charge is 0.253 e. The van der Waals surface area contributed by atoms with Gasteiger partial charge in [-0.15, -0.1) is 10.2 Å². The fraction of sp³-hybridized carbons (Fsp3) is 0.400. The van der Waals surface area contributed by atoms with E-state index in [4.69, 9.17) is 4.42 Å². The topological polar surface area (TPSA) is 59.2 Å². The van der Waals surface area contributed by atoms with Crippen LogP contribution in [0.4, 0.5) is 0 Å². The molecule has 0 spiro atoms. The molecule has 0 unspecified atom stereocenters. The Kier molecular flexibility index (Phi) is 3.50. The molecule has 3 rings (SSSR count). The fourth-order valence-corrected chi connectivity index (χ4v) is 2.57. The zero-order valence-corrected chi connectivity index (χ0v) is 11.5. The summed E-state index contributed by atoms with van der Waals surface area (Å²) in [6.07, 6.45) is 1.75. The van der Waals surface area contributed by atoms with Gasteiger partial charge >= 0.3 is 0 Å². The largest absolute Gasteiger partial charge is 0.425 e. The molecule has 0 bridgehead atoms. The van der Waals surface area contributed by atoms with Gasteiger partial charge in [-0.3, -0.25) is 4.79 Å². The first kappa shape index (κ1) is 12.8. The summed E-state index contributed by atoms with van der Waals surface area (Å²) in [5, 5.41) is 7.94.